The molecule has 4 rings (SSSR count). The van der Waals surface area contributed by atoms with E-state index in [9.17, 15) is 19.2 Å². The molecule has 3 N–H and O–H groups in total. The first kappa shape index (κ1) is 36.9. The third-order valence-corrected chi connectivity index (χ3v) is 7.70. The van der Waals surface area contributed by atoms with Gasteiger partial charge in [0, 0.05) is 18.9 Å². The number of nitrogens with one attached hydrogen (secondary N) is 3. The molecule has 0 fully saturated rings. The van der Waals surface area contributed by atoms with E-state index < -0.39 is 36.1 Å². The van der Waals surface area contributed by atoms with Crippen molar-refractivity contribution in [3.05, 3.63) is 144 Å². The average Bonchev–Trinajstić information content (AvgIpc) is 3.15. The molecule has 0 unspecified atom stereocenters. The maximum atomic E-state index is 13.3. The summed E-state index contributed by atoms with van der Waals surface area (Å²) < 4.78 is 16.2. The smallest absolute Gasteiger partial charge is 0.416 e. The summed E-state index contributed by atoms with van der Waals surface area (Å²) in [6, 6.07) is 35.8. The number of guanidine groups is 1. The predicted molar refractivity (Wildman–Crippen MR) is 188 cm³/mol. The Morgan fingerprint density at radius 2 is 1.12 bits per heavy atom. The molecule has 4 aromatic carbocycles. The summed E-state index contributed by atoms with van der Waals surface area (Å²) in [4.78, 5) is 53.1. The Hall–Kier alpha value is -5.97. The van der Waals surface area contributed by atoms with Crippen molar-refractivity contribution in [3.63, 3.8) is 0 Å². The molecule has 0 radical (unpaired) electrons. The molecule has 0 saturated heterocycles. The molecule has 3 amide bonds. The van der Waals surface area contributed by atoms with Crippen LogP contribution >= 0.6 is 0 Å². The van der Waals surface area contributed by atoms with Crippen LogP contribution in [-0.2, 0) is 50.0 Å². The van der Waals surface area contributed by atoms with E-state index >= 15 is 0 Å². The fraction of sp³-hybridized carbons (Fsp3) is 0.256. The Morgan fingerprint density at radius 3 is 1.64 bits per heavy atom. The van der Waals surface area contributed by atoms with Crippen LogP contribution in [0.2, 0.25) is 0 Å². The molecule has 0 saturated carbocycles. The highest BCUT2D eigenvalue weighted by molar-refractivity contribution is 5.99. The van der Waals surface area contributed by atoms with Gasteiger partial charge in [0.1, 0.15) is 25.9 Å². The second-order valence-electron chi connectivity index (χ2n) is 11.6. The van der Waals surface area contributed by atoms with Crippen LogP contribution in [0, 0.1) is 11.3 Å². The van der Waals surface area contributed by atoms with Gasteiger partial charge in [0.05, 0.1) is 0 Å². The van der Waals surface area contributed by atoms with Crippen molar-refractivity contribution in [1.29, 1.82) is 5.41 Å². The monoisotopic (exact) mass is 678 g/mol. The largest absolute Gasteiger partial charge is 0.459 e. The zero-order chi connectivity index (χ0) is 35.6. The minimum atomic E-state index is -0.917. The SMILES string of the molecule is C[C@H](CCCN(C(=N)NC(=O)OCc1ccccc1)C(=O)OCc1ccccc1)C(=O)N[C@@H](Cc1ccccc1)C(=O)OCc1ccccc1. The number of hydrogen-bond donors (Lipinski definition) is 3. The number of amides is 3. The van der Waals surface area contributed by atoms with Crippen LogP contribution in [0.3, 0.4) is 0 Å². The van der Waals surface area contributed by atoms with Gasteiger partial charge in [0.25, 0.3) is 0 Å². The Kier molecular flexibility index (Phi) is 14.6. The third kappa shape index (κ3) is 12.6. The van der Waals surface area contributed by atoms with Crippen LogP contribution in [-0.4, -0.2) is 47.5 Å². The quantitative estimate of drug-likeness (QED) is 0.0573. The molecule has 260 valence electrons. The summed E-state index contributed by atoms with van der Waals surface area (Å²) in [7, 11) is 0. The average molecular weight is 679 g/mol. The summed E-state index contributed by atoms with van der Waals surface area (Å²) >= 11 is 0. The van der Waals surface area contributed by atoms with E-state index in [0.717, 1.165) is 27.2 Å². The number of esters is 1. The van der Waals surface area contributed by atoms with E-state index in [1.807, 2.05) is 97.1 Å². The highest BCUT2D eigenvalue weighted by Gasteiger charge is 2.27. The molecule has 0 aromatic heterocycles. The minimum absolute atomic E-state index is 0.0178. The number of hydrogen-bond acceptors (Lipinski definition) is 8. The standard InChI is InChI=1S/C39H42N4O7/c1-29(35(44)41-34(25-30-16-6-2-7-17-30)36(45)48-26-31-18-8-3-9-19-31)15-14-24-43(39(47)50-28-33-22-12-5-13-23-33)37(40)42-38(46)49-27-32-20-10-4-11-21-32/h2-13,16-23,29,34H,14-15,24-28H2,1H3,(H,41,44)(H2,40,42,46)/t29-,34+/m1/s1. The number of ether oxygens (including phenoxy) is 3. The fourth-order valence-corrected chi connectivity index (χ4v) is 4.89. The molecule has 0 bridgehead atoms. The minimum Gasteiger partial charge on any atom is -0.459 e. The van der Waals surface area contributed by atoms with Crippen molar-refractivity contribution in [2.24, 2.45) is 5.92 Å². The first-order valence-corrected chi connectivity index (χ1v) is 16.4. The number of rotatable bonds is 15. The number of carbonyl (C=O) groups excluding carboxylic acids is 4. The number of alkyl carbamates (subject to hydrolysis) is 1. The molecule has 50 heavy (non-hydrogen) atoms. The Morgan fingerprint density at radius 1 is 0.660 bits per heavy atom. The molecule has 11 nitrogen and oxygen atoms in total. The van der Waals surface area contributed by atoms with Crippen LogP contribution in [0.15, 0.2) is 121 Å². The highest BCUT2D eigenvalue weighted by atomic mass is 16.6. The van der Waals surface area contributed by atoms with Gasteiger partial charge in [-0.3, -0.25) is 15.5 Å². The van der Waals surface area contributed by atoms with Gasteiger partial charge in [0.15, 0.2) is 0 Å². The topological polar surface area (TPSA) is 147 Å². The first-order chi connectivity index (χ1) is 24.3. The number of carbonyl (C=O) groups is 4. The lowest BCUT2D eigenvalue weighted by Gasteiger charge is -2.24. The molecule has 0 aliphatic carbocycles. The van der Waals surface area contributed by atoms with Crippen molar-refractivity contribution < 1.29 is 33.4 Å². The van der Waals surface area contributed by atoms with E-state index in [1.54, 1.807) is 31.2 Å². The van der Waals surface area contributed by atoms with Crippen LogP contribution in [0.4, 0.5) is 9.59 Å². The lowest BCUT2D eigenvalue weighted by Crippen LogP contribution is -2.47. The lowest BCUT2D eigenvalue weighted by atomic mass is 10.0. The summed E-state index contributed by atoms with van der Waals surface area (Å²) in [5.41, 5.74) is 3.20. The van der Waals surface area contributed by atoms with Gasteiger partial charge in [-0.1, -0.05) is 128 Å². The van der Waals surface area contributed by atoms with Gasteiger partial charge in [-0.2, -0.15) is 0 Å². The van der Waals surface area contributed by atoms with Crippen LogP contribution in [0.25, 0.3) is 0 Å². The lowest BCUT2D eigenvalue weighted by molar-refractivity contribution is -0.149. The molecule has 0 aliphatic rings. The molecule has 4 aromatic rings. The van der Waals surface area contributed by atoms with Gasteiger partial charge in [-0.25, -0.2) is 19.3 Å². The Balaban J connectivity index is 1.34. The van der Waals surface area contributed by atoms with Gasteiger partial charge < -0.3 is 19.5 Å². The maximum absolute atomic E-state index is 13.3. The van der Waals surface area contributed by atoms with E-state index in [0.29, 0.717) is 6.42 Å². The van der Waals surface area contributed by atoms with Crippen LogP contribution in [0.5, 0.6) is 0 Å². The third-order valence-electron chi connectivity index (χ3n) is 7.70. The summed E-state index contributed by atoms with van der Waals surface area (Å²) in [5, 5.41) is 13.6. The molecule has 0 spiro atoms. The van der Waals surface area contributed by atoms with Crippen molar-refractivity contribution in [1.82, 2.24) is 15.5 Å². The van der Waals surface area contributed by atoms with Crippen LogP contribution in [0.1, 0.15) is 42.0 Å². The Labute approximate surface area is 292 Å². The van der Waals surface area contributed by atoms with Gasteiger partial charge in [-0.15, -0.1) is 0 Å². The van der Waals surface area contributed by atoms with Crippen LogP contribution < -0.4 is 10.6 Å². The summed E-state index contributed by atoms with van der Waals surface area (Å²) in [5.74, 6) is -2.00. The zero-order valence-corrected chi connectivity index (χ0v) is 28.0. The van der Waals surface area contributed by atoms with E-state index in [-0.39, 0.29) is 45.1 Å². The molecule has 0 heterocycles. The maximum Gasteiger partial charge on any atom is 0.416 e. The molecular formula is C39H42N4O7. The van der Waals surface area contributed by atoms with Crippen molar-refractivity contribution in [2.45, 2.75) is 52.0 Å². The first-order valence-electron chi connectivity index (χ1n) is 16.4. The summed E-state index contributed by atoms with van der Waals surface area (Å²) in [6.07, 6.45) is -0.923. The zero-order valence-electron chi connectivity index (χ0n) is 28.0. The predicted octanol–water partition coefficient (Wildman–Crippen LogP) is 6.37. The Bertz CT molecular complexity index is 1670. The van der Waals surface area contributed by atoms with E-state index in [4.69, 9.17) is 19.6 Å². The number of benzene rings is 4. The van der Waals surface area contributed by atoms with Gasteiger partial charge in [0.2, 0.25) is 11.9 Å². The molecule has 11 heteroatoms. The van der Waals surface area contributed by atoms with E-state index in [1.165, 1.54) is 0 Å². The van der Waals surface area contributed by atoms with E-state index in [2.05, 4.69) is 10.6 Å². The molecule has 2 atom stereocenters. The second-order valence-corrected chi connectivity index (χ2v) is 11.6. The summed E-state index contributed by atoms with van der Waals surface area (Å²) in [6.45, 7) is 1.70. The second kappa shape index (κ2) is 19.8. The molecule has 0 aliphatic heterocycles. The van der Waals surface area contributed by atoms with Crippen molar-refractivity contribution >= 4 is 30.0 Å². The highest BCUT2D eigenvalue weighted by Crippen LogP contribution is 2.13. The van der Waals surface area contributed by atoms with Crippen molar-refractivity contribution in [3.8, 4) is 0 Å². The fourth-order valence-electron chi connectivity index (χ4n) is 4.89. The van der Waals surface area contributed by atoms with Gasteiger partial charge in [-0.05, 0) is 35.1 Å². The van der Waals surface area contributed by atoms with Gasteiger partial charge >= 0.3 is 18.2 Å². The van der Waals surface area contributed by atoms with Crippen molar-refractivity contribution in [2.75, 3.05) is 6.54 Å². The normalized spacial score (nSPS) is 11.7. The number of nitrogens with zero attached hydrogens (tertiary/aromatic N) is 1. The molecular weight excluding hydrogens is 636 g/mol.